The number of ether oxygens (including phenoxy) is 2. The fourth-order valence-electron chi connectivity index (χ4n) is 0.914. The standard InChI is InChI=1S/C9H10BrNO2/c1-9(6-13-9)5-12-8-2-7(10)3-11-4-8/h2-4H,5-6H2,1H3. The lowest BCUT2D eigenvalue weighted by Gasteiger charge is -2.07. The van der Waals surface area contributed by atoms with Gasteiger partial charge in [-0.15, -0.1) is 0 Å². The van der Waals surface area contributed by atoms with Crippen molar-refractivity contribution in [1.29, 1.82) is 0 Å². The minimum Gasteiger partial charge on any atom is -0.489 e. The van der Waals surface area contributed by atoms with Gasteiger partial charge in [0.05, 0.1) is 12.8 Å². The lowest BCUT2D eigenvalue weighted by molar-refractivity contribution is 0.202. The van der Waals surface area contributed by atoms with Crippen LogP contribution in [0.25, 0.3) is 0 Å². The zero-order chi connectivity index (χ0) is 9.31. The van der Waals surface area contributed by atoms with Crippen molar-refractivity contribution in [3.05, 3.63) is 22.9 Å². The molecule has 4 heteroatoms. The van der Waals surface area contributed by atoms with E-state index in [1.54, 1.807) is 12.4 Å². The van der Waals surface area contributed by atoms with Crippen LogP contribution in [-0.4, -0.2) is 23.8 Å². The Balaban J connectivity index is 1.94. The second-order valence-corrected chi connectivity index (χ2v) is 4.28. The fraction of sp³-hybridized carbons (Fsp3) is 0.444. The number of aromatic nitrogens is 1. The monoisotopic (exact) mass is 243 g/mol. The van der Waals surface area contributed by atoms with Crippen LogP contribution in [0.15, 0.2) is 22.9 Å². The number of rotatable bonds is 3. The summed E-state index contributed by atoms with van der Waals surface area (Å²) in [7, 11) is 0. The number of hydrogen-bond acceptors (Lipinski definition) is 3. The van der Waals surface area contributed by atoms with Gasteiger partial charge in [0.2, 0.25) is 0 Å². The van der Waals surface area contributed by atoms with Gasteiger partial charge in [0, 0.05) is 10.7 Å². The first kappa shape index (κ1) is 8.97. The molecular weight excluding hydrogens is 234 g/mol. The second kappa shape index (κ2) is 3.27. The first-order valence-corrected chi connectivity index (χ1v) is 4.85. The molecule has 2 heterocycles. The van der Waals surface area contributed by atoms with E-state index >= 15 is 0 Å². The van der Waals surface area contributed by atoms with Crippen molar-refractivity contribution in [2.45, 2.75) is 12.5 Å². The molecule has 1 aliphatic heterocycles. The first-order chi connectivity index (χ1) is 6.18. The molecule has 13 heavy (non-hydrogen) atoms. The smallest absolute Gasteiger partial charge is 0.138 e. The molecule has 3 nitrogen and oxygen atoms in total. The summed E-state index contributed by atoms with van der Waals surface area (Å²) >= 11 is 3.32. The third-order valence-corrected chi connectivity index (χ3v) is 2.29. The summed E-state index contributed by atoms with van der Waals surface area (Å²) in [4.78, 5) is 3.99. The van der Waals surface area contributed by atoms with Crippen molar-refractivity contribution in [2.75, 3.05) is 13.2 Å². The predicted molar refractivity (Wildman–Crippen MR) is 51.8 cm³/mol. The molecule has 1 aliphatic rings. The zero-order valence-electron chi connectivity index (χ0n) is 7.29. The van der Waals surface area contributed by atoms with Crippen molar-refractivity contribution in [1.82, 2.24) is 4.98 Å². The molecule has 0 amide bonds. The fourth-order valence-corrected chi connectivity index (χ4v) is 1.26. The van der Waals surface area contributed by atoms with E-state index in [4.69, 9.17) is 9.47 Å². The highest BCUT2D eigenvalue weighted by Gasteiger charge is 2.40. The molecule has 1 aromatic heterocycles. The Kier molecular flexibility index (Phi) is 2.26. The quantitative estimate of drug-likeness (QED) is 0.763. The topological polar surface area (TPSA) is 34.6 Å². The van der Waals surface area contributed by atoms with Crippen molar-refractivity contribution in [3.8, 4) is 5.75 Å². The van der Waals surface area contributed by atoms with Crippen LogP contribution in [0.1, 0.15) is 6.92 Å². The normalized spacial score (nSPS) is 25.7. The van der Waals surface area contributed by atoms with Gasteiger partial charge in [-0.05, 0) is 28.9 Å². The van der Waals surface area contributed by atoms with Gasteiger partial charge in [0.1, 0.15) is 18.0 Å². The summed E-state index contributed by atoms with van der Waals surface area (Å²) in [5.74, 6) is 0.770. The lowest BCUT2D eigenvalue weighted by Crippen LogP contribution is -2.16. The summed E-state index contributed by atoms with van der Waals surface area (Å²) in [6.45, 7) is 3.40. The van der Waals surface area contributed by atoms with Crippen LogP contribution >= 0.6 is 15.9 Å². The van der Waals surface area contributed by atoms with Gasteiger partial charge in [-0.2, -0.15) is 0 Å². The van der Waals surface area contributed by atoms with E-state index in [1.807, 2.05) is 13.0 Å². The minimum absolute atomic E-state index is 0.0671. The molecule has 0 radical (unpaired) electrons. The molecule has 2 rings (SSSR count). The third-order valence-electron chi connectivity index (χ3n) is 1.86. The largest absolute Gasteiger partial charge is 0.489 e. The molecule has 0 aromatic carbocycles. The SMILES string of the molecule is CC1(COc2cncc(Br)c2)CO1. The van der Waals surface area contributed by atoms with Gasteiger partial charge in [-0.1, -0.05) is 0 Å². The average molecular weight is 244 g/mol. The van der Waals surface area contributed by atoms with Crippen LogP contribution in [0.3, 0.4) is 0 Å². The molecule has 0 saturated carbocycles. The summed E-state index contributed by atoms with van der Waals surface area (Å²) in [5.41, 5.74) is -0.0671. The highest BCUT2D eigenvalue weighted by molar-refractivity contribution is 9.10. The predicted octanol–water partition coefficient (Wildman–Crippen LogP) is 2.01. The van der Waals surface area contributed by atoms with E-state index < -0.39 is 0 Å². The van der Waals surface area contributed by atoms with Crippen LogP contribution in [0.4, 0.5) is 0 Å². The second-order valence-electron chi connectivity index (χ2n) is 3.37. The van der Waals surface area contributed by atoms with Gasteiger partial charge < -0.3 is 9.47 Å². The Hall–Kier alpha value is -0.610. The Morgan fingerprint density at radius 1 is 1.69 bits per heavy atom. The molecular formula is C9H10BrNO2. The highest BCUT2D eigenvalue weighted by atomic mass is 79.9. The molecule has 70 valence electrons. The van der Waals surface area contributed by atoms with E-state index in [0.29, 0.717) is 6.61 Å². The maximum atomic E-state index is 5.50. The van der Waals surface area contributed by atoms with Crippen molar-refractivity contribution in [3.63, 3.8) is 0 Å². The molecule has 1 atom stereocenters. The van der Waals surface area contributed by atoms with E-state index in [1.165, 1.54) is 0 Å². The summed E-state index contributed by atoms with van der Waals surface area (Å²) in [6, 6.07) is 1.89. The number of nitrogens with zero attached hydrogens (tertiary/aromatic N) is 1. The molecule has 1 fully saturated rings. The molecule has 1 saturated heterocycles. The lowest BCUT2D eigenvalue weighted by atomic mass is 10.2. The van der Waals surface area contributed by atoms with E-state index in [0.717, 1.165) is 16.8 Å². The first-order valence-electron chi connectivity index (χ1n) is 4.05. The minimum atomic E-state index is -0.0671. The van der Waals surface area contributed by atoms with Crippen molar-refractivity contribution >= 4 is 15.9 Å². The molecule has 0 spiro atoms. The van der Waals surface area contributed by atoms with Crippen LogP contribution in [0.2, 0.25) is 0 Å². The Labute approximate surface area is 85.2 Å². The van der Waals surface area contributed by atoms with Crippen molar-refractivity contribution in [2.24, 2.45) is 0 Å². The van der Waals surface area contributed by atoms with Crippen molar-refractivity contribution < 1.29 is 9.47 Å². The third kappa shape index (κ3) is 2.42. The van der Waals surface area contributed by atoms with Gasteiger partial charge in [-0.3, -0.25) is 4.98 Å². The van der Waals surface area contributed by atoms with Gasteiger partial charge in [0.15, 0.2) is 0 Å². The maximum Gasteiger partial charge on any atom is 0.138 e. The zero-order valence-corrected chi connectivity index (χ0v) is 8.87. The number of halogens is 1. The molecule has 0 aliphatic carbocycles. The van der Waals surface area contributed by atoms with Crippen LogP contribution < -0.4 is 4.74 Å². The molecule has 1 unspecified atom stereocenters. The Bertz CT molecular complexity index is 312. The number of hydrogen-bond donors (Lipinski definition) is 0. The highest BCUT2D eigenvalue weighted by Crippen LogP contribution is 2.27. The van der Waals surface area contributed by atoms with Gasteiger partial charge >= 0.3 is 0 Å². The Morgan fingerprint density at radius 2 is 2.46 bits per heavy atom. The molecule has 0 bridgehead atoms. The van der Waals surface area contributed by atoms with Crippen LogP contribution in [-0.2, 0) is 4.74 Å². The number of pyridine rings is 1. The van der Waals surface area contributed by atoms with E-state index in [9.17, 15) is 0 Å². The maximum absolute atomic E-state index is 5.50. The van der Waals surface area contributed by atoms with Crippen LogP contribution in [0, 0.1) is 0 Å². The van der Waals surface area contributed by atoms with E-state index in [2.05, 4.69) is 20.9 Å². The van der Waals surface area contributed by atoms with E-state index in [-0.39, 0.29) is 5.60 Å². The molecule has 1 aromatic rings. The summed E-state index contributed by atoms with van der Waals surface area (Å²) in [5, 5.41) is 0. The van der Waals surface area contributed by atoms with Crippen LogP contribution in [0.5, 0.6) is 5.75 Å². The summed E-state index contributed by atoms with van der Waals surface area (Å²) in [6.07, 6.45) is 3.42. The average Bonchev–Trinajstić information content (AvgIpc) is 2.82. The summed E-state index contributed by atoms with van der Waals surface area (Å²) < 4.78 is 11.6. The number of epoxide rings is 1. The van der Waals surface area contributed by atoms with Gasteiger partial charge in [0.25, 0.3) is 0 Å². The van der Waals surface area contributed by atoms with Gasteiger partial charge in [-0.25, -0.2) is 0 Å². The molecule has 0 N–H and O–H groups in total. The Morgan fingerprint density at radius 3 is 3.08 bits per heavy atom.